The number of aryl methyl sites for hydroxylation is 1. The van der Waals surface area contributed by atoms with Gasteiger partial charge in [0.05, 0.1) is 5.88 Å². The average molecular weight is 312 g/mol. The molecule has 2 aromatic carbocycles. The molecule has 2 rings (SSSR count). The molecule has 0 radical (unpaired) electrons. The molecule has 0 unspecified atom stereocenters. The van der Waals surface area contributed by atoms with Crippen molar-refractivity contribution in [3.63, 3.8) is 0 Å². The van der Waals surface area contributed by atoms with Gasteiger partial charge in [-0.3, -0.25) is 0 Å². The van der Waals surface area contributed by atoms with Crippen LogP contribution in [0.3, 0.4) is 0 Å². The van der Waals surface area contributed by atoms with E-state index in [0.29, 0.717) is 5.88 Å². The third-order valence-corrected chi connectivity index (χ3v) is 3.27. The Kier molecular flexibility index (Phi) is 4.08. The number of para-hydroxylation sites is 1. The van der Waals surface area contributed by atoms with Crippen LogP contribution in [-0.2, 0) is 5.88 Å². The first-order valence-electron chi connectivity index (χ1n) is 5.28. The van der Waals surface area contributed by atoms with Gasteiger partial charge in [-0.1, -0.05) is 40.2 Å². The molecular weight excluding hydrogens is 300 g/mol. The van der Waals surface area contributed by atoms with Gasteiger partial charge in [-0.05, 0) is 30.7 Å². The van der Waals surface area contributed by atoms with E-state index in [0.717, 1.165) is 27.1 Å². The zero-order chi connectivity index (χ0) is 12.3. The largest absolute Gasteiger partial charge is 0.457 e. The molecule has 0 heterocycles. The molecule has 0 bridgehead atoms. The minimum Gasteiger partial charge on any atom is -0.457 e. The molecule has 0 spiro atoms. The summed E-state index contributed by atoms with van der Waals surface area (Å²) < 4.78 is 6.88. The smallest absolute Gasteiger partial charge is 0.132 e. The quantitative estimate of drug-likeness (QED) is 0.700. The minimum absolute atomic E-state index is 0.439. The van der Waals surface area contributed by atoms with Crippen LogP contribution in [0.15, 0.2) is 46.9 Å². The van der Waals surface area contributed by atoms with Gasteiger partial charge in [-0.2, -0.15) is 0 Å². The third kappa shape index (κ3) is 3.02. The highest BCUT2D eigenvalue weighted by atomic mass is 79.9. The van der Waals surface area contributed by atoms with Crippen molar-refractivity contribution < 1.29 is 4.74 Å². The van der Waals surface area contributed by atoms with E-state index in [9.17, 15) is 0 Å². The lowest BCUT2D eigenvalue weighted by Gasteiger charge is -2.11. The normalized spacial score (nSPS) is 10.3. The van der Waals surface area contributed by atoms with Crippen LogP contribution in [0.5, 0.6) is 11.5 Å². The molecule has 0 N–H and O–H groups in total. The van der Waals surface area contributed by atoms with Crippen molar-refractivity contribution in [1.82, 2.24) is 0 Å². The molecular formula is C14H12BrClO. The highest BCUT2D eigenvalue weighted by Gasteiger charge is 2.06. The molecule has 1 nitrogen and oxygen atoms in total. The van der Waals surface area contributed by atoms with Crippen molar-refractivity contribution in [3.05, 3.63) is 58.1 Å². The minimum atomic E-state index is 0.439. The molecule has 0 saturated carbocycles. The number of benzene rings is 2. The van der Waals surface area contributed by atoms with Crippen LogP contribution in [0.1, 0.15) is 11.1 Å². The molecule has 17 heavy (non-hydrogen) atoms. The lowest BCUT2D eigenvalue weighted by Crippen LogP contribution is -1.91. The van der Waals surface area contributed by atoms with Gasteiger partial charge in [0.2, 0.25) is 0 Å². The number of hydrogen-bond acceptors (Lipinski definition) is 1. The predicted molar refractivity (Wildman–Crippen MR) is 75.0 cm³/mol. The molecule has 3 heteroatoms. The van der Waals surface area contributed by atoms with Crippen LogP contribution in [0.4, 0.5) is 0 Å². The third-order valence-electron chi connectivity index (χ3n) is 2.49. The Balaban J connectivity index is 2.35. The van der Waals surface area contributed by atoms with Crippen molar-refractivity contribution in [2.75, 3.05) is 0 Å². The Morgan fingerprint density at radius 1 is 1.12 bits per heavy atom. The maximum Gasteiger partial charge on any atom is 0.132 e. The summed E-state index contributed by atoms with van der Waals surface area (Å²) in [5, 5.41) is 0. The van der Waals surface area contributed by atoms with Gasteiger partial charge in [-0.25, -0.2) is 0 Å². The fourth-order valence-electron chi connectivity index (χ4n) is 1.52. The van der Waals surface area contributed by atoms with E-state index in [-0.39, 0.29) is 0 Å². The van der Waals surface area contributed by atoms with Crippen LogP contribution >= 0.6 is 27.5 Å². The molecule has 0 amide bonds. The summed E-state index contributed by atoms with van der Waals surface area (Å²) in [5.74, 6) is 2.09. The standard InChI is InChI=1S/C14H12BrClO/c1-10-4-2-3-5-13(10)17-14-8-12(15)7-6-11(14)9-16/h2-8H,9H2,1H3. The van der Waals surface area contributed by atoms with Crippen molar-refractivity contribution in [1.29, 1.82) is 0 Å². The molecule has 88 valence electrons. The van der Waals surface area contributed by atoms with E-state index >= 15 is 0 Å². The van der Waals surface area contributed by atoms with E-state index in [4.69, 9.17) is 16.3 Å². The van der Waals surface area contributed by atoms with Crippen molar-refractivity contribution in [2.45, 2.75) is 12.8 Å². The first kappa shape index (κ1) is 12.5. The summed E-state index contributed by atoms with van der Waals surface area (Å²) in [6.07, 6.45) is 0. The highest BCUT2D eigenvalue weighted by Crippen LogP contribution is 2.31. The Labute approximate surface area is 115 Å². The first-order valence-corrected chi connectivity index (χ1v) is 6.61. The molecule has 0 aliphatic heterocycles. The van der Waals surface area contributed by atoms with Gasteiger partial charge in [0.25, 0.3) is 0 Å². The molecule has 0 fully saturated rings. The summed E-state index contributed by atoms with van der Waals surface area (Å²) in [7, 11) is 0. The highest BCUT2D eigenvalue weighted by molar-refractivity contribution is 9.10. The monoisotopic (exact) mass is 310 g/mol. The molecule has 0 aliphatic rings. The van der Waals surface area contributed by atoms with Crippen LogP contribution in [0.2, 0.25) is 0 Å². The lowest BCUT2D eigenvalue weighted by atomic mass is 10.2. The Hall–Kier alpha value is -0.990. The zero-order valence-corrected chi connectivity index (χ0v) is 11.8. The van der Waals surface area contributed by atoms with Gasteiger partial charge in [0.15, 0.2) is 0 Å². The van der Waals surface area contributed by atoms with Crippen LogP contribution in [0.25, 0.3) is 0 Å². The predicted octanol–water partition coefficient (Wildman–Crippen LogP) is 5.29. The summed E-state index contributed by atoms with van der Waals surface area (Å²) in [6.45, 7) is 2.02. The summed E-state index contributed by atoms with van der Waals surface area (Å²) in [6, 6.07) is 13.8. The van der Waals surface area contributed by atoms with E-state index in [1.54, 1.807) is 0 Å². The molecule has 0 saturated heterocycles. The van der Waals surface area contributed by atoms with Gasteiger partial charge in [0, 0.05) is 10.0 Å². The van der Waals surface area contributed by atoms with E-state index in [2.05, 4.69) is 15.9 Å². The molecule has 0 atom stereocenters. The van der Waals surface area contributed by atoms with Gasteiger partial charge in [-0.15, -0.1) is 11.6 Å². The maximum atomic E-state index is 5.90. The van der Waals surface area contributed by atoms with Crippen molar-refractivity contribution in [2.24, 2.45) is 0 Å². The average Bonchev–Trinajstić information content (AvgIpc) is 2.32. The van der Waals surface area contributed by atoms with Crippen LogP contribution < -0.4 is 4.74 Å². The van der Waals surface area contributed by atoms with Crippen LogP contribution in [0, 0.1) is 6.92 Å². The fourth-order valence-corrected chi connectivity index (χ4v) is 2.08. The first-order chi connectivity index (χ1) is 8.20. The number of hydrogen-bond donors (Lipinski definition) is 0. The summed E-state index contributed by atoms with van der Waals surface area (Å²) in [5.41, 5.74) is 2.09. The lowest BCUT2D eigenvalue weighted by molar-refractivity contribution is 0.474. The van der Waals surface area contributed by atoms with Crippen molar-refractivity contribution >= 4 is 27.5 Å². The Morgan fingerprint density at radius 2 is 1.88 bits per heavy atom. The van der Waals surface area contributed by atoms with Gasteiger partial charge in [0.1, 0.15) is 11.5 Å². The van der Waals surface area contributed by atoms with Crippen LogP contribution in [-0.4, -0.2) is 0 Å². The van der Waals surface area contributed by atoms with E-state index in [1.807, 2.05) is 49.4 Å². The molecule has 0 aromatic heterocycles. The number of alkyl halides is 1. The second-order valence-corrected chi connectivity index (χ2v) is 4.94. The summed E-state index contributed by atoms with van der Waals surface area (Å²) >= 11 is 9.33. The Morgan fingerprint density at radius 3 is 2.59 bits per heavy atom. The van der Waals surface area contributed by atoms with Crippen molar-refractivity contribution in [3.8, 4) is 11.5 Å². The summed E-state index contributed by atoms with van der Waals surface area (Å²) in [4.78, 5) is 0. The number of ether oxygens (including phenoxy) is 1. The second-order valence-electron chi connectivity index (χ2n) is 3.75. The molecule has 2 aromatic rings. The maximum absolute atomic E-state index is 5.90. The topological polar surface area (TPSA) is 9.23 Å². The van der Waals surface area contributed by atoms with Gasteiger partial charge < -0.3 is 4.74 Å². The Bertz CT molecular complexity index is 525. The second kappa shape index (κ2) is 5.56. The zero-order valence-electron chi connectivity index (χ0n) is 9.41. The van der Waals surface area contributed by atoms with Gasteiger partial charge >= 0.3 is 0 Å². The molecule has 0 aliphatic carbocycles. The fraction of sp³-hybridized carbons (Fsp3) is 0.143. The van der Waals surface area contributed by atoms with E-state index in [1.165, 1.54) is 0 Å². The van der Waals surface area contributed by atoms with E-state index < -0.39 is 0 Å². The number of rotatable bonds is 3. The SMILES string of the molecule is Cc1ccccc1Oc1cc(Br)ccc1CCl. The number of halogens is 2.